The smallest absolute Gasteiger partial charge is 0.233 e. The Morgan fingerprint density at radius 3 is 2.36 bits per heavy atom. The number of hydrogen-bond acceptors (Lipinski definition) is 4. The van der Waals surface area contributed by atoms with Gasteiger partial charge >= 0.3 is 0 Å². The molecule has 8 heteroatoms. The summed E-state index contributed by atoms with van der Waals surface area (Å²) in [5.74, 6) is -0.298. The number of hydrogen-bond donors (Lipinski definition) is 1. The molecule has 1 heterocycles. The third-order valence-corrected chi connectivity index (χ3v) is 5.96. The van der Waals surface area contributed by atoms with Crippen molar-refractivity contribution in [3.8, 4) is 0 Å². The lowest BCUT2D eigenvalue weighted by molar-refractivity contribution is -0.130. The van der Waals surface area contributed by atoms with E-state index >= 15 is 0 Å². The van der Waals surface area contributed by atoms with Gasteiger partial charge in [0.25, 0.3) is 0 Å². The topological polar surface area (TPSA) is 61.8 Å². The molecule has 1 aliphatic heterocycles. The van der Waals surface area contributed by atoms with Crippen LogP contribution in [-0.4, -0.2) is 40.7 Å². The number of nitrogens with one attached hydrogen (secondary N) is 1. The van der Waals surface area contributed by atoms with Gasteiger partial charge in [0.05, 0.1) is 10.9 Å². The van der Waals surface area contributed by atoms with Crippen LogP contribution in [-0.2, 0) is 16.0 Å². The van der Waals surface area contributed by atoms with Crippen molar-refractivity contribution in [3.05, 3.63) is 64.1 Å². The van der Waals surface area contributed by atoms with Gasteiger partial charge in [-0.15, -0.1) is 0 Å². The van der Waals surface area contributed by atoms with E-state index in [-0.39, 0.29) is 18.2 Å². The van der Waals surface area contributed by atoms with E-state index in [0.29, 0.717) is 33.9 Å². The maximum atomic E-state index is 12.8. The van der Waals surface area contributed by atoms with Crippen molar-refractivity contribution in [2.75, 3.05) is 13.6 Å². The molecular weight excluding hydrogens is 417 g/mol. The van der Waals surface area contributed by atoms with Crippen molar-refractivity contribution in [2.24, 2.45) is 4.99 Å². The molecule has 1 fully saturated rings. The molecule has 2 aromatic rings. The lowest BCUT2D eigenvalue weighted by Gasteiger charge is -2.31. The first-order chi connectivity index (χ1) is 13.5. The molecule has 0 aliphatic carbocycles. The van der Waals surface area contributed by atoms with Crippen LogP contribution in [0.25, 0.3) is 0 Å². The second-order valence-electron chi connectivity index (χ2n) is 6.22. The monoisotopic (exact) mass is 435 g/mol. The van der Waals surface area contributed by atoms with Gasteiger partial charge in [-0.05, 0) is 48.4 Å². The van der Waals surface area contributed by atoms with Gasteiger partial charge in [-0.2, -0.15) is 0 Å². The molecular formula is C20H19Cl2N3O2S. The molecule has 1 unspecified atom stereocenters. The van der Waals surface area contributed by atoms with Gasteiger partial charge in [0.2, 0.25) is 11.8 Å². The Hall–Kier alpha value is -2.02. The fourth-order valence-corrected chi connectivity index (χ4v) is 4.18. The van der Waals surface area contributed by atoms with E-state index in [0.717, 1.165) is 5.56 Å². The third kappa shape index (κ3) is 5.28. The van der Waals surface area contributed by atoms with Crippen LogP contribution in [0.15, 0.2) is 53.5 Å². The summed E-state index contributed by atoms with van der Waals surface area (Å²) in [6.07, 6.45) is 0.804. The summed E-state index contributed by atoms with van der Waals surface area (Å²) >= 11 is 13.2. The van der Waals surface area contributed by atoms with Crippen molar-refractivity contribution in [3.63, 3.8) is 0 Å². The average Bonchev–Trinajstić information content (AvgIpc) is 2.69. The normalized spacial score (nSPS) is 18.4. The van der Waals surface area contributed by atoms with Crippen LogP contribution in [0.1, 0.15) is 12.0 Å². The van der Waals surface area contributed by atoms with Crippen LogP contribution >= 0.6 is 35.0 Å². The molecule has 1 N–H and O–H groups in total. The Morgan fingerprint density at radius 1 is 1.14 bits per heavy atom. The Bertz CT molecular complexity index is 885. The Kier molecular flexibility index (Phi) is 6.99. The highest BCUT2D eigenvalue weighted by Gasteiger charge is 2.35. The molecule has 2 amide bonds. The van der Waals surface area contributed by atoms with E-state index in [1.54, 1.807) is 36.2 Å². The number of amidine groups is 1. The first-order valence-electron chi connectivity index (χ1n) is 8.73. The first-order valence-corrected chi connectivity index (χ1v) is 10.4. The van der Waals surface area contributed by atoms with E-state index in [2.05, 4.69) is 10.3 Å². The van der Waals surface area contributed by atoms with E-state index in [4.69, 9.17) is 23.2 Å². The predicted molar refractivity (Wildman–Crippen MR) is 115 cm³/mol. The molecule has 0 bridgehead atoms. The van der Waals surface area contributed by atoms with Crippen molar-refractivity contribution in [2.45, 2.75) is 18.1 Å². The van der Waals surface area contributed by atoms with E-state index < -0.39 is 5.25 Å². The van der Waals surface area contributed by atoms with Crippen molar-refractivity contribution in [1.82, 2.24) is 10.2 Å². The number of thioether (sulfide) groups is 1. The highest BCUT2D eigenvalue weighted by molar-refractivity contribution is 8.15. The van der Waals surface area contributed by atoms with Gasteiger partial charge in [-0.25, -0.2) is 4.99 Å². The molecule has 0 saturated carbocycles. The van der Waals surface area contributed by atoms with Crippen LogP contribution in [0.2, 0.25) is 10.0 Å². The van der Waals surface area contributed by atoms with Gasteiger partial charge in [-0.1, -0.05) is 47.1 Å². The summed E-state index contributed by atoms with van der Waals surface area (Å²) in [6.45, 7) is 0.473. The molecule has 2 aromatic carbocycles. The molecule has 1 atom stereocenters. The number of benzene rings is 2. The van der Waals surface area contributed by atoms with Crippen molar-refractivity contribution < 1.29 is 9.59 Å². The largest absolute Gasteiger partial charge is 0.358 e. The van der Waals surface area contributed by atoms with Crippen LogP contribution in [0.4, 0.5) is 5.69 Å². The minimum atomic E-state index is -0.490. The second kappa shape index (κ2) is 9.45. The van der Waals surface area contributed by atoms with Crippen molar-refractivity contribution in [1.29, 1.82) is 0 Å². The summed E-state index contributed by atoms with van der Waals surface area (Å²) in [7, 11) is 1.57. The highest BCUT2D eigenvalue weighted by Crippen LogP contribution is 2.29. The van der Waals surface area contributed by atoms with Gasteiger partial charge in [0.15, 0.2) is 5.17 Å². The molecule has 146 valence electrons. The zero-order valence-corrected chi connectivity index (χ0v) is 17.5. The van der Waals surface area contributed by atoms with Crippen molar-refractivity contribution >= 4 is 57.6 Å². The molecule has 1 aliphatic rings. The summed E-state index contributed by atoms with van der Waals surface area (Å²) in [4.78, 5) is 31.1. The maximum Gasteiger partial charge on any atom is 0.233 e. The van der Waals surface area contributed by atoms with E-state index in [1.807, 2.05) is 24.3 Å². The Balaban J connectivity index is 1.83. The maximum absolute atomic E-state index is 12.8. The summed E-state index contributed by atoms with van der Waals surface area (Å²) in [5.41, 5.74) is 1.75. The van der Waals surface area contributed by atoms with Gasteiger partial charge in [0, 0.05) is 30.1 Å². The molecule has 0 radical (unpaired) electrons. The molecule has 0 spiro atoms. The molecule has 28 heavy (non-hydrogen) atoms. The van der Waals surface area contributed by atoms with E-state index in [9.17, 15) is 9.59 Å². The summed E-state index contributed by atoms with van der Waals surface area (Å²) in [6, 6.07) is 14.6. The number of halogens is 2. The fourth-order valence-electron chi connectivity index (χ4n) is 2.74. The van der Waals surface area contributed by atoms with Crippen LogP contribution in [0.3, 0.4) is 0 Å². The Morgan fingerprint density at radius 2 is 1.75 bits per heavy atom. The van der Waals surface area contributed by atoms with Gasteiger partial charge < -0.3 is 5.32 Å². The second-order valence-corrected chi connectivity index (χ2v) is 8.26. The average molecular weight is 436 g/mol. The standard InChI is InChI=1S/C20H19Cl2N3O2S/c1-23-19(27)17-12-18(26)25(11-10-13-2-4-14(21)5-3-13)20(28-17)24-16-8-6-15(22)7-9-16/h2-9,17H,10-12H2,1H3,(H,23,27). The fraction of sp³-hybridized carbons (Fsp3) is 0.250. The number of carbonyl (C=O) groups is 2. The number of amides is 2. The lowest BCUT2D eigenvalue weighted by Crippen LogP contribution is -2.46. The molecule has 1 saturated heterocycles. The van der Waals surface area contributed by atoms with Crippen LogP contribution in [0.5, 0.6) is 0 Å². The number of aliphatic imine (C=N–C) groups is 1. The molecule has 3 rings (SSSR count). The quantitative estimate of drug-likeness (QED) is 0.760. The first kappa shape index (κ1) is 20.7. The van der Waals surface area contributed by atoms with E-state index in [1.165, 1.54) is 11.8 Å². The predicted octanol–water partition coefficient (Wildman–Crippen LogP) is 4.30. The van der Waals surface area contributed by atoms with Gasteiger partial charge in [0.1, 0.15) is 0 Å². The van der Waals surface area contributed by atoms with Gasteiger partial charge in [-0.3, -0.25) is 14.5 Å². The summed E-state index contributed by atoms with van der Waals surface area (Å²) in [5, 5.41) is 3.92. The molecule has 0 aromatic heterocycles. The highest BCUT2D eigenvalue weighted by atomic mass is 35.5. The minimum Gasteiger partial charge on any atom is -0.358 e. The third-order valence-electron chi connectivity index (χ3n) is 4.27. The summed E-state index contributed by atoms with van der Waals surface area (Å²) < 4.78 is 0. The van der Waals surface area contributed by atoms with Crippen LogP contribution in [0, 0.1) is 0 Å². The zero-order chi connectivity index (χ0) is 20.1. The lowest BCUT2D eigenvalue weighted by atomic mass is 10.1. The minimum absolute atomic E-state index is 0.117. The van der Waals surface area contributed by atoms with Crippen LogP contribution < -0.4 is 5.32 Å². The molecule has 5 nitrogen and oxygen atoms in total. The zero-order valence-electron chi connectivity index (χ0n) is 15.2. The SMILES string of the molecule is CNC(=O)C1CC(=O)N(CCc2ccc(Cl)cc2)C(=Nc2ccc(Cl)cc2)S1. The Labute approximate surface area is 178 Å². The number of carbonyl (C=O) groups excluding carboxylic acids is 2. The number of rotatable bonds is 5. The number of nitrogens with zero attached hydrogens (tertiary/aromatic N) is 2.